The average Bonchev–Trinajstić information content (AvgIpc) is 2.90. The lowest BCUT2D eigenvalue weighted by atomic mass is 10.1. The predicted octanol–water partition coefficient (Wildman–Crippen LogP) is 5.44. The third-order valence-corrected chi connectivity index (χ3v) is 5.17. The molecule has 1 aromatic heterocycles. The summed E-state index contributed by atoms with van der Waals surface area (Å²) in [6, 6.07) is 29.4. The van der Waals surface area contributed by atoms with Crippen molar-refractivity contribution in [1.29, 1.82) is 0 Å². The molecular formula is C28H26N2O4. The molecule has 0 radical (unpaired) electrons. The van der Waals surface area contributed by atoms with Crippen LogP contribution in [0.15, 0.2) is 97.1 Å². The largest absolute Gasteiger partial charge is 0.487 e. The molecule has 0 atom stereocenters. The first-order chi connectivity index (χ1) is 16.7. The van der Waals surface area contributed by atoms with Gasteiger partial charge < -0.3 is 9.47 Å². The SMILES string of the molecule is COC(=O)CC=C(NOCc1ccc(OCc2ccc3ccccc3n2)cc1)c1ccccc1. The summed E-state index contributed by atoms with van der Waals surface area (Å²) in [5.74, 6) is 0.444. The van der Waals surface area contributed by atoms with E-state index >= 15 is 0 Å². The van der Waals surface area contributed by atoms with Gasteiger partial charge in [0.05, 0.1) is 37.0 Å². The number of para-hydroxylation sites is 1. The van der Waals surface area contributed by atoms with Gasteiger partial charge in [-0.2, -0.15) is 0 Å². The smallest absolute Gasteiger partial charge is 0.309 e. The molecule has 4 aromatic rings. The summed E-state index contributed by atoms with van der Waals surface area (Å²) >= 11 is 0. The molecule has 0 bridgehead atoms. The summed E-state index contributed by atoms with van der Waals surface area (Å²) in [6.07, 6.45) is 1.90. The number of rotatable bonds is 10. The van der Waals surface area contributed by atoms with Crippen LogP contribution < -0.4 is 10.2 Å². The minimum absolute atomic E-state index is 0.148. The summed E-state index contributed by atoms with van der Waals surface area (Å²) in [4.78, 5) is 21.8. The molecule has 0 aliphatic carbocycles. The van der Waals surface area contributed by atoms with Crippen molar-refractivity contribution in [1.82, 2.24) is 10.5 Å². The number of pyridine rings is 1. The normalized spacial score (nSPS) is 11.3. The average molecular weight is 455 g/mol. The van der Waals surface area contributed by atoms with Gasteiger partial charge in [0.1, 0.15) is 12.4 Å². The van der Waals surface area contributed by atoms with E-state index < -0.39 is 0 Å². The monoisotopic (exact) mass is 454 g/mol. The Hall–Kier alpha value is -4.16. The highest BCUT2D eigenvalue weighted by Gasteiger charge is 2.05. The number of fused-ring (bicyclic) bond motifs is 1. The first-order valence-corrected chi connectivity index (χ1v) is 11.0. The van der Waals surface area contributed by atoms with E-state index in [1.165, 1.54) is 7.11 Å². The molecule has 0 saturated heterocycles. The van der Waals surface area contributed by atoms with Crippen molar-refractivity contribution in [3.05, 3.63) is 114 Å². The number of nitrogens with zero attached hydrogens (tertiary/aromatic N) is 1. The Labute approximate surface area is 198 Å². The minimum Gasteiger partial charge on any atom is -0.487 e. The van der Waals surface area contributed by atoms with Crippen LogP contribution in [0.1, 0.15) is 23.2 Å². The maximum atomic E-state index is 11.5. The summed E-state index contributed by atoms with van der Waals surface area (Å²) in [5, 5.41) is 1.11. The molecule has 1 heterocycles. The standard InChI is InChI=1S/C28H26N2O4/c1-32-28(31)18-17-27(22-7-3-2-4-8-22)30-34-19-21-11-15-25(16-12-21)33-20-24-14-13-23-9-5-6-10-26(23)29-24/h2-17,30H,18-20H2,1H3. The van der Waals surface area contributed by atoms with E-state index in [9.17, 15) is 4.79 Å². The van der Waals surface area contributed by atoms with Gasteiger partial charge in [-0.15, -0.1) is 0 Å². The number of aromatic nitrogens is 1. The summed E-state index contributed by atoms with van der Waals surface area (Å²) in [5.41, 5.74) is 7.38. The van der Waals surface area contributed by atoms with Gasteiger partial charge in [0, 0.05) is 5.39 Å². The van der Waals surface area contributed by atoms with Gasteiger partial charge in [-0.05, 0) is 41.5 Å². The topological polar surface area (TPSA) is 69.7 Å². The zero-order chi connectivity index (χ0) is 23.6. The number of carbonyl (C=O) groups is 1. The van der Waals surface area contributed by atoms with Gasteiger partial charge >= 0.3 is 5.97 Å². The van der Waals surface area contributed by atoms with Crippen molar-refractivity contribution in [3.8, 4) is 5.75 Å². The maximum Gasteiger partial charge on any atom is 0.309 e. The lowest BCUT2D eigenvalue weighted by Gasteiger charge is -2.12. The first kappa shape index (κ1) is 23.0. The van der Waals surface area contributed by atoms with Crippen LogP contribution in [0.5, 0.6) is 5.75 Å². The molecule has 34 heavy (non-hydrogen) atoms. The van der Waals surface area contributed by atoms with Crippen LogP contribution in [0.3, 0.4) is 0 Å². The fourth-order valence-corrected chi connectivity index (χ4v) is 3.33. The number of hydrogen-bond acceptors (Lipinski definition) is 6. The molecule has 6 nitrogen and oxygen atoms in total. The molecule has 3 aromatic carbocycles. The van der Waals surface area contributed by atoms with E-state index in [1.54, 1.807) is 6.08 Å². The lowest BCUT2D eigenvalue weighted by molar-refractivity contribution is -0.139. The molecule has 0 unspecified atom stereocenters. The number of methoxy groups -OCH3 is 1. The molecule has 6 heteroatoms. The quantitative estimate of drug-likeness (QED) is 0.254. The van der Waals surface area contributed by atoms with Gasteiger partial charge in [0.15, 0.2) is 0 Å². The highest BCUT2D eigenvalue weighted by molar-refractivity contribution is 5.78. The molecule has 0 spiro atoms. The zero-order valence-corrected chi connectivity index (χ0v) is 18.9. The van der Waals surface area contributed by atoms with Crippen molar-refractivity contribution < 1.29 is 19.1 Å². The van der Waals surface area contributed by atoms with Crippen molar-refractivity contribution in [2.75, 3.05) is 7.11 Å². The van der Waals surface area contributed by atoms with Gasteiger partial charge in [-0.3, -0.25) is 15.1 Å². The Kier molecular flexibility index (Phi) is 7.87. The number of benzene rings is 3. The van der Waals surface area contributed by atoms with Crippen molar-refractivity contribution in [2.24, 2.45) is 0 Å². The van der Waals surface area contributed by atoms with E-state index in [2.05, 4.69) is 16.5 Å². The van der Waals surface area contributed by atoms with Gasteiger partial charge in [0.2, 0.25) is 0 Å². The summed E-state index contributed by atoms with van der Waals surface area (Å²) in [7, 11) is 1.37. The lowest BCUT2D eigenvalue weighted by Crippen LogP contribution is -2.14. The van der Waals surface area contributed by atoms with Crippen molar-refractivity contribution >= 4 is 22.6 Å². The fraction of sp³-hybridized carbons (Fsp3) is 0.143. The van der Waals surface area contributed by atoms with E-state index in [-0.39, 0.29) is 12.4 Å². The second-order valence-corrected chi connectivity index (χ2v) is 7.58. The Morgan fingerprint density at radius 1 is 0.882 bits per heavy atom. The van der Waals surface area contributed by atoms with Gasteiger partial charge in [-0.25, -0.2) is 4.98 Å². The minimum atomic E-state index is -0.315. The van der Waals surface area contributed by atoms with Crippen LogP contribution in [0.4, 0.5) is 0 Å². The van der Waals surface area contributed by atoms with Crippen molar-refractivity contribution in [2.45, 2.75) is 19.6 Å². The van der Waals surface area contributed by atoms with E-state index in [0.717, 1.165) is 33.5 Å². The molecule has 0 aliphatic heterocycles. The number of hydrogen-bond donors (Lipinski definition) is 1. The third-order valence-electron chi connectivity index (χ3n) is 5.17. The Morgan fingerprint density at radius 2 is 1.65 bits per heavy atom. The van der Waals surface area contributed by atoms with Crippen LogP contribution >= 0.6 is 0 Å². The molecule has 0 fully saturated rings. The second kappa shape index (κ2) is 11.6. The predicted molar refractivity (Wildman–Crippen MR) is 131 cm³/mol. The zero-order valence-electron chi connectivity index (χ0n) is 18.9. The Balaban J connectivity index is 1.30. The number of nitrogens with one attached hydrogen (secondary N) is 1. The van der Waals surface area contributed by atoms with Crippen LogP contribution in [0.25, 0.3) is 16.6 Å². The highest BCUT2D eigenvalue weighted by atomic mass is 16.6. The number of hydroxylamine groups is 1. The van der Waals surface area contributed by atoms with E-state index in [4.69, 9.17) is 14.3 Å². The van der Waals surface area contributed by atoms with Crippen LogP contribution in [0, 0.1) is 0 Å². The summed E-state index contributed by atoms with van der Waals surface area (Å²) in [6.45, 7) is 0.739. The molecule has 4 rings (SSSR count). The highest BCUT2D eigenvalue weighted by Crippen LogP contribution is 2.17. The van der Waals surface area contributed by atoms with Crippen LogP contribution in [0.2, 0.25) is 0 Å². The first-order valence-electron chi connectivity index (χ1n) is 11.0. The molecule has 172 valence electrons. The third kappa shape index (κ3) is 6.43. The maximum absolute atomic E-state index is 11.5. The van der Waals surface area contributed by atoms with E-state index in [1.807, 2.05) is 84.9 Å². The number of esters is 1. The molecular weight excluding hydrogens is 428 g/mol. The molecule has 1 N–H and O–H groups in total. The van der Waals surface area contributed by atoms with Crippen LogP contribution in [-0.4, -0.2) is 18.1 Å². The Bertz CT molecular complexity index is 1250. The van der Waals surface area contributed by atoms with Gasteiger partial charge in [0.25, 0.3) is 0 Å². The van der Waals surface area contributed by atoms with Crippen LogP contribution in [-0.2, 0) is 27.6 Å². The number of ether oxygens (including phenoxy) is 2. The van der Waals surface area contributed by atoms with Gasteiger partial charge in [-0.1, -0.05) is 66.7 Å². The van der Waals surface area contributed by atoms with E-state index in [0.29, 0.717) is 18.9 Å². The second-order valence-electron chi connectivity index (χ2n) is 7.58. The Morgan fingerprint density at radius 3 is 2.44 bits per heavy atom. The van der Waals surface area contributed by atoms with Crippen molar-refractivity contribution in [3.63, 3.8) is 0 Å². The number of carbonyl (C=O) groups excluding carboxylic acids is 1. The molecule has 0 amide bonds. The summed E-state index contributed by atoms with van der Waals surface area (Å²) < 4.78 is 10.6. The molecule has 0 saturated carbocycles. The molecule has 0 aliphatic rings. The fourth-order valence-electron chi connectivity index (χ4n) is 3.33.